The van der Waals surface area contributed by atoms with Gasteiger partial charge in [0, 0.05) is 60.6 Å². The Morgan fingerprint density at radius 2 is 1.63 bits per heavy atom. The monoisotopic (exact) mass is 556 g/mol. The fourth-order valence-corrected chi connectivity index (χ4v) is 5.53. The SMILES string of the molecule is FC(F)(F)c1ccc2c(SCCCCCCNc3ccc(N4CCNCC4)c(C(F)(F)F)c3)ccnc2c1. The Hall–Kier alpha value is -2.66. The molecule has 0 atom stereocenters. The third-order valence-corrected chi connectivity index (χ3v) is 7.61. The zero-order chi connectivity index (χ0) is 27.2. The van der Waals surface area contributed by atoms with Gasteiger partial charge in [0.2, 0.25) is 0 Å². The first-order valence-electron chi connectivity index (χ1n) is 12.6. The van der Waals surface area contributed by atoms with Crippen molar-refractivity contribution in [3.05, 3.63) is 59.8 Å². The number of nitrogens with zero attached hydrogens (tertiary/aromatic N) is 2. The number of aromatic nitrogens is 1. The highest BCUT2D eigenvalue weighted by atomic mass is 32.2. The summed E-state index contributed by atoms with van der Waals surface area (Å²) in [5, 5.41) is 6.98. The first-order chi connectivity index (χ1) is 18.1. The molecule has 3 aromatic rings. The summed E-state index contributed by atoms with van der Waals surface area (Å²) in [5.41, 5.74) is -0.307. The molecule has 38 heavy (non-hydrogen) atoms. The van der Waals surface area contributed by atoms with Crippen molar-refractivity contribution in [3.63, 3.8) is 0 Å². The van der Waals surface area contributed by atoms with Crippen LogP contribution in [0.15, 0.2) is 53.6 Å². The second-order valence-electron chi connectivity index (χ2n) is 9.19. The molecule has 1 aromatic heterocycles. The number of alkyl halides is 6. The Morgan fingerprint density at radius 3 is 2.37 bits per heavy atom. The van der Waals surface area contributed by atoms with Crippen molar-refractivity contribution in [1.29, 1.82) is 0 Å². The molecule has 2 heterocycles. The number of anilines is 2. The first-order valence-corrected chi connectivity index (χ1v) is 13.6. The Kier molecular flexibility index (Phi) is 9.30. The van der Waals surface area contributed by atoms with E-state index in [2.05, 4.69) is 15.6 Å². The number of fused-ring (bicyclic) bond motifs is 1. The molecule has 11 heteroatoms. The lowest BCUT2D eigenvalue weighted by molar-refractivity contribution is -0.138. The van der Waals surface area contributed by atoms with E-state index in [1.807, 2.05) is 6.07 Å². The highest BCUT2D eigenvalue weighted by Crippen LogP contribution is 2.38. The van der Waals surface area contributed by atoms with E-state index in [4.69, 9.17) is 0 Å². The van der Waals surface area contributed by atoms with Gasteiger partial charge in [-0.05, 0) is 55.0 Å². The van der Waals surface area contributed by atoms with Gasteiger partial charge < -0.3 is 15.5 Å². The smallest absolute Gasteiger partial charge is 0.385 e. The van der Waals surface area contributed by atoms with Gasteiger partial charge >= 0.3 is 12.4 Å². The van der Waals surface area contributed by atoms with E-state index in [0.717, 1.165) is 48.5 Å². The van der Waals surface area contributed by atoms with Crippen LogP contribution in [0.4, 0.5) is 37.7 Å². The van der Waals surface area contributed by atoms with Gasteiger partial charge in [-0.2, -0.15) is 26.3 Å². The zero-order valence-corrected chi connectivity index (χ0v) is 21.6. The van der Waals surface area contributed by atoms with Gasteiger partial charge in [0.25, 0.3) is 0 Å². The van der Waals surface area contributed by atoms with Crippen LogP contribution in [0.2, 0.25) is 0 Å². The number of thioether (sulfide) groups is 1. The van der Waals surface area contributed by atoms with Gasteiger partial charge in [-0.15, -0.1) is 11.8 Å². The van der Waals surface area contributed by atoms with E-state index >= 15 is 0 Å². The van der Waals surface area contributed by atoms with E-state index in [0.29, 0.717) is 49.3 Å². The number of hydrogen-bond donors (Lipinski definition) is 2. The summed E-state index contributed by atoms with van der Waals surface area (Å²) in [5.74, 6) is 0.815. The van der Waals surface area contributed by atoms with Gasteiger partial charge in [0.05, 0.1) is 16.6 Å². The Balaban J connectivity index is 1.20. The highest BCUT2D eigenvalue weighted by Gasteiger charge is 2.35. The normalized spacial score (nSPS) is 14.7. The summed E-state index contributed by atoms with van der Waals surface area (Å²) in [6.07, 6.45) is -3.68. The average Bonchev–Trinajstić information content (AvgIpc) is 2.89. The Morgan fingerprint density at radius 1 is 0.868 bits per heavy atom. The molecule has 1 fully saturated rings. The molecule has 4 rings (SSSR count). The number of benzene rings is 2. The number of unbranched alkanes of at least 4 members (excludes halogenated alkanes) is 3. The minimum absolute atomic E-state index is 0.227. The van der Waals surface area contributed by atoms with E-state index < -0.39 is 23.5 Å². The molecule has 0 bridgehead atoms. The molecule has 0 saturated carbocycles. The number of piperazine rings is 1. The van der Waals surface area contributed by atoms with E-state index in [1.54, 1.807) is 28.8 Å². The van der Waals surface area contributed by atoms with E-state index in [-0.39, 0.29) is 5.69 Å². The van der Waals surface area contributed by atoms with Crippen LogP contribution in [-0.2, 0) is 12.4 Å². The van der Waals surface area contributed by atoms with Crippen molar-refractivity contribution in [2.75, 3.05) is 48.7 Å². The molecule has 0 aliphatic carbocycles. The van der Waals surface area contributed by atoms with Crippen molar-refractivity contribution in [2.45, 2.75) is 42.9 Å². The van der Waals surface area contributed by atoms with Crippen LogP contribution >= 0.6 is 11.8 Å². The third-order valence-electron chi connectivity index (χ3n) is 6.45. The predicted molar refractivity (Wildman–Crippen MR) is 141 cm³/mol. The molecule has 1 saturated heterocycles. The summed E-state index contributed by atoms with van der Waals surface area (Å²) in [7, 11) is 0. The Bertz CT molecular complexity index is 1210. The molecule has 1 aliphatic rings. The van der Waals surface area contributed by atoms with Crippen LogP contribution < -0.4 is 15.5 Å². The second kappa shape index (κ2) is 12.5. The third kappa shape index (κ3) is 7.47. The molecule has 206 valence electrons. The largest absolute Gasteiger partial charge is 0.418 e. The van der Waals surface area contributed by atoms with Crippen LogP contribution in [0.5, 0.6) is 0 Å². The average molecular weight is 557 g/mol. The number of pyridine rings is 1. The van der Waals surface area contributed by atoms with Crippen molar-refractivity contribution >= 4 is 34.0 Å². The number of halogens is 6. The van der Waals surface area contributed by atoms with Crippen LogP contribution in [0.1, 0.15) is 36.8 Å². The minimum Gasteiger partial charge on any atom is -0.385 e. The lowest BCUT2D eigenvalue weighted by Crippen LogP contribution is -2.44. The van der Waals surface area contributed by atoms with Gasteiger partial charge in [-0.1, -0.05) is 18.9 Å². The summed E-state index contributed by atoms with van der Waals surface area (Å²) in [4.78, 5) is 6.75. The van der Waals surface area contributed by atoms with Crippen molar-refractivity contribution in [3.8, 4) is 0 Å². The van der Waals surface area contributed by atoms with E-state index in [1.165, 1.54) is 18.3 Å². The molecular weight excluding hydrogens is 526 g/mol. The number of hydrogen-bond acceptors (Lipinski definition) is 5. The zero-order valence-electron chi connectivity index (χ0n) is 20.8. The molecule has 0 amide bonds. The lowest BCUT2D eigenvalue weighted by atomic mass is 10.1. The Labute approximate surface area is 222 Å². The quantitative estimate of drug-likeness (QED) is 0.154. The molecular formula is C27H30F6N4S. The molecule has 0 unspecified atom stereocenters. The molecule has 4 nitrogen and oxygen atoms in total. The molecule has 1 aliphatic heterocycles. The maximum atomic E-state index is 13.7. The minimum atomic E-state index is -4.42. The van der Waals surface area contributed by atoms with Gasteiger partial charge in [0.15, 0.2) is 0 Å². The summed E-state index contributed by atoms with van der Waals surface area (Å²) >= 11 is 1.59. The fraction of sp³-hybridized carbons (Fsp3) is 0.444. The molecule has 0 radical (unpaired) electrons. The maximum absolute atomic E-state index is 13.7. The number of nitrogens with one attached hydrogen (secondary N) is 2. The topological polar surface area (TPSA) is 40.2 Å². The van der Waals surface area contributed by atoms with Crippen LogP contribution in [-0.4, -0.2) is 43.5 Å². The molecule has 0 spiro atoms. The predicted octanol–water partition coefficient (Wildman–Crippen LogP) is 7.45. The van der Waals surface area contributed by atoms with Crippen LogP contribution in [0.25, 0.3) is 10.9 Å². The number of rotatable bonds is 10. The van der Waals surface area contributed by atoms with E-state index in [9.17, 15) is 26.3 Å². The standard InChI is InChI=1S/C27H30F6N4S/c28-26(29,30)19-5-7-21-23(17-19)36-11-9-25(21)38-16-4-2-1-3-10-35-20-6-8-24(22(18-20)27(31,32)33)37-14-12-34-13-15-37/h5-9,11,17-18,34-35H,1-4,10,12-16H2. The maximum Gasteiger partial charge on any atom is 0.418 e. The summed E-state index contributed by atoms with van der Waals surface area (Å²) in [6.45, 7) is 3.00. The first kappa shape index (κ1) is 28.4. The van der Waals surface area contributed by atoms with Crippen molar-refractivity contribution in [1.82, 2.24) is 10.3 Å². The van der Waals surface area contributed by atoms with Crippen molar-refractivity contribution in [2.24, 2.45) is 0 Å². The van der Waals surface area contributed by atoms with Crippen molar-refractivity contribution < 1.29 is 26.3 Å². The molecule has 2 aromatic carbocycles. The second-order valence-corrected chi connectivity index (χ2v) is 10.3. The molecule has 2 N–H and O–H groups in total. The fourth-order valence-electron chi connectivity index (χ4n) is 4.47. The van der Waals surface area contributed by atoms with Crippen LogP contribution in [0.3, 0.4) is 0 Å². The lowest BCUT2D eigenvalue weighted by Gasteiger charge is -2.31. The van der Waals surface area contributed by atoms with Gasteiger partial charge in [0.1, 0.15) is 0 Å². The summed E-state index contributed by atoms with van der Waals surface area (Å²) < 4.78 is 80.0. The van der Waals surface area contributed by atoms with Gasteiger partial charge in [-0.25, -0.2) is 0 Å². The van der Waals surface area contributed by atoms with Crippen LogP contribution in [0, 0.1) is 0 Å². The van der Waals surface area contributed by atoms with Gasteiger partial charge in [-0.3, -0.25) is 4.98 Å². The summed E-state index contributed by atoms with van der Waals surface area (Å²) in [6, 6.07) is 9.90. The highest BCUT2D eigenvalue weighted by molar-refractivity contribution is 7.99.